The number of rotatable bonds is 7. The highest BCUT2D eigenvalue weighted by Gasteiger charge is 1.98. The van der Waals surface area contributed by atoms with Crippen molar-refractivity contribution < 1.29 is 4.74 Å². The van der Waals surface area contributed by atoms with Gasteiger partial charge in [-0.25, -0.2) is 0 Å². The molecule has 0 unspecified atom stereocenters. The highest BCUT2D eigenvalue weighted by molar-refractivity contribution is 9.10. The predicted molar refractivity (Wildman–Crippen MR) is 85.9 cm³/mol. The third-order valence-corrected chi connectivity index (χ3v) is 3.78. The van der Waals surface area contributed by atoms with Gasteiger partial charge in [-0.3, -0.25) is 0 Å². The summed E-state index contributed by atoms with van der Waals surface area (Å²) in [4.78, 5) is 0. The van der Waals surface area contributed by atoms with E-state index in [4.69, 9.17) is 4.74 Å². The van der Waals surface area contributed by atoms with Crippen LogP contribution in [-0.2, 0) is 0 Å². The highest BCUT2D eigenvalue weighted by atomic mass is 79.9. The van der Waals surface area contributed by atoms with E-state index in [0.29, 0.717) is 0 Å². The van der Waals surface area contributed by atoms with Crippen molar-refractivity contribution in [3.8, 4) is 5.75 Å². The van der Waals surface area contributed by atoms with Crippen molar-refractivity contribution >= 4 is 26.7 Å². The average Bonchev–Trinajstić information content (AvgIpc) is 2.43. The van der Waals surface area contributed by atoms with Gasteiger partial charge in [-0.2, -0.15) is 0 Å². The van der Waals surface area contributed by atoms with Gasteiger partial charge in [-0.15, -0.1) is 0 Å². The molecule has 0 atom stereocenters. The normalized spacial score (nSPS) is 10.8. The molecule has 102 valence electrons. The van der Waals surface area contributed by atoms with Crippen molar-refractivity contribution in [1.82, 2.24) is 0 Å². The Morgan fingerprint density at radius 2 is 1.63 bits per heavy atom. The fraction of sp³-hybridized carbons (Fsp3) is 0.412. The van der Waals surface area contributed by atoms with Gasteiger partial charge in [0.2, 0.25) is 0 Å². The molecule has 0 saturated heterocycles. The summed E-state index contributed by atoms with van der Waals surface area (Å²) in [5.41, 5.74) is 0. The van der Waals surface area contributed by atoms with E-state index in [1.165, 1.54) is 36.5 Å². The Kier molecular flexibility index (Phi) is 5.71. The molecule has 0 aliphatic rings. The van der Waals surface area contributed by atoms with E-state index in [0.717, 1.165) is 23.2 Å². The zero-order valence-corrected chi connectivity index (χ0v) is 13.1. The van der Waals surface area contributed by atoms with Crippen molar-refractivity contribution in [1.29, 1.82) is 0 Å². The van der Waals surface area contributed by atoms with Gasteiger partial charge in [0.15, 0.2) is 0 Å². The Labute approximate surface area is 124 Å². The molecule has 0 heterocycles. The molecule has 0 aromatic heterocycles. The van der Waals surface area contributed by atoms with Gasteiger partial charge >= 0.3 is 0 Å². The molecule has 2 aromatic carbocycles. The van der Waals surface area contributed by atoms with Crippen LogP contribution in [0.5, 0.6) is 5.75 Å². The Bertz CT molecular complexity index is 522. The molecule has 0 amide bonds. The number of unbranched alkanes of at least 4 members (excludes halogenated alkanes) is 4. The van der Waals surface area contributed by atoms with Crippen molar-refractivity contribution in [2.75, 3.05) is 6.61 Å². The second kappa shape index (κ2) is 7.54. The van der Waals surface area contributed by atoms with Crippen LogP contribution in [0.15, 0.2) is 40.9 Å². The van der Waals surface area contributed by atoms with Gasteiger partial charge in [0.25, 0.3) is 0 Å². The number of halogens is 1. The maximum absolute atomic E-state index is 5.81. The quantitative estimate of drug-likeness (QED) is 0.572. The van der Waals surface area contributed by atoms with E-state index in [1.807, 2.05) is 0 Å². The van der Waals surface area contributed by atoms with Gasteiger partial charge in [-0.05, 0) is 41.5 Å². The number of hydrogen-bond acceptors (Lipinski definition) is 1. The van der Waals surface area contributed by atoms with Crippen LogP contribution in [0.25, 0.3) is 10.8 Å². The first-order valence-corrected chi connectivity index (χ1v) is 7.91. The number of hydrogen-bond donors (Lipinski definition) is 0. The van der Waals surface area contributed by atoms with Gasteiger partial charge in [0.05, 0.1) is 6.61 Å². The first-order chi connectivity index (χ1) is 9.29. The summed E-state index contributed by atoms with van der Waals surface area (Å²) in [5.74, 6) is 0.977. The molecular weight excluding hydrogens is 300 g/mol. The van der Waals surface area contributed by atoms with Gasteiger partial charge in [0.1, 0.15) is 5.75 Å². The highest BCUT2D eigenvalue weighted by Crippen LogP contribution is 2.24. The van der Waals surface area contributed by atoms with Crippen LogP contribution in [0.3, 0.4) is 0 Å². The van der Waals surface area contributed by atoms with Crippen LogP contribution in [0.4, 0.5) is 0 Å². The van der Waals surface area contributed by atoms with E-state index in [2.05, 4.69) is 59.3 Å². The first kappa shape index (κ1) is 14.4. The van der Waals surface area contributed by atoms with Gasteiger partial charge < -0.3 is 4.74 Å². The number of fused-ring (bicyclic) bond motifs is 1. The number of benzene rings is 2. The second-order valence-corrected chi connectivity index (χ2v) is 5.83. The average molecular weight is 321 g/mol. The topological polar surface area (TPSA) is 9.23 Å². The lowest BCUT2D eigenvalue weighted by atomic mass is 10.1. The molecule has 1 nitrogen and oxygen atoms in total. The SMILES string of the molecule is CCCCCCCOc1ccc2cc(Br)ccc2c1. The summed E-state index contributed by atoms with van der Waals surface area (Å²) in [7, 11) is 0. The van der Waals surface area contributed by atoms with Crippen LogP contribution in [-0.4, -0.2) is 6.61 Å². The molecule has 0 N–H and O–H groups in total. The van der Waals surface area contributed by atoms with Crippen molar-refractivity contribution in [2.45, 2.75) is 39.0 Å². The van der Waals surface area contributed by atoms with E-state index in [-0.39, 0.29) is 0 Å². The van der Waals surface area contributed by atoms with Crippen LogP contribution in [0.2, 0.25) is 0 Å². The number of ether oxygens (including phenoxy) is 1. The van der Waals surface area contributed by atoms with Gasteiger partial charge in [-0.1, -0.05) is 60.7 Å². The maximum atomic E-state index is 5.81. The van der Waals surface area contributed by atoms with Crippen molar-refractivity contribution in [2.24, 2.45) is 0 Å². The van der Waals surface area contributed by atoms with E-state index < -0.39 is 0 Å². The summed E-state index contributed by atoms with van der Waals surface area (Å²) in [6.07, 6.45) is 6.38. The van der Waals surface area contributed by atoms with Gasteiger partial charge in [0, 0.05) is 4.47 Å². The largest absolute Gasteiger partial charge is 0.494 e. The van der Waals surface area contributed by atoms with E-state index in [9.17, 15) is 0 Å². The van der Waals surface area contributed by atoms with Crippen LogP contribution in [0, 0.1) is 0 Å². The Morgan fingerprint density at radius 1 is 0.895 bits per heavy atom. The van der Waals surface area contributed by atoms with Crippen LogP contribution < -0.4 is 4.74 Å². The summed E-state index contributed by atoms with van der Waals surface area (Å²) >= 11 is 3.49. The molecule has 2 aromatic rings. The lowest BCUT2D eigenvalue weighted by molar-refractivity contribution is 0.305. The standard InChI is InChI=1S/C17H21BrO/c1-2-3-4-5-6-11-19-17-10-8-14-12-16(18)9-7-15(14)13-17/h7-10,12-13H,2-6,11H2,1H3. The molecule has 0 spiro atoms. The fourth-order valence-electron chi connectivity index (χ4n) is 2.18. The molecule has 0 radical (unpaired) electrons. The van der Waals surface area contributed by atoms with Crippen LogP contribution >= 0.6 is 15.9 Å². The molecular formula is C17H21BrO. The molecule has 2 heteroatoms. The summed E-state index contributed by atoms with van der Waals surface area (Å²) < 4.78 is 6.93. The summed E-state index contributed by atoms with van der Waals surface area (Å²) in [6, 6.07) is 12.6. The molecule has 0 fully saturated rings. The predicted octanol–water partition coefficient (Wildman–Crippen LogP) is 5.95. The maximum Gasteiger partial charge on any atom is 0.119 e. The van der Waals surface area contributed by atoms with E-state index in [1.54, 1.807) is 0 Å². The minimum Gasteiger partial charge on any atom is -0.494 e. The smallest absolute Gasteiger partial charge is 0.119 e. The molecule has 19 heavy (non-hydrogen) atoms. The second-order valence-electron chi connectivity index (χ2n) is 4.92. The molecule has 0 bridgehead atoms. The van der Waals surface area contributed by atoms with E-state index >= 15 is 0 Å². The minimum atomic E-state index is 0.825. The lowest BCUT2D eigenvalue weighted by Gasteiger charge is -2.07. The lowest BCUT2D eigenvalue weighted by Crippen LogP contribution is -1.97. The molecule has 0 saturated carbocycles. The molecule has 0 aliphatic carbocycles. The molecule has 0 aliphatic heterocycles. The Balaban J connectivity index is 1.86. The van der Waals surface area contributed by atoms with Crippen molar-refractivity contribution in [3.05, 3.63) is 40.9 Å². The Morgan fingerprint density at radius 3 is 2.47 bits per heavy atom. The van der Waals surface area contributed by atoms with Crippen LogP contribution in [0.1, 0.15) is 39.0 Å². The Hall–Kier alpha value is -1.02. The summed E-state index contributed by atoms with van der Waals surface area (Å²) in [5, 5.41) is 2.47. The summed E-state index contributed by atoms with van der Waals surface area (Å²) in [6.45, 7) is 3.07. The molecule has 2 rings (SSSR count). The van der Waals surface area contributed by atoms with Crippen molar-refractivity contribution in [3.63, 3.8) is 0 Å². The fourth-order valence-corrected chi connectivity index (χ4v) is 2.56. The third-order valence-electron chi connectivity index (χ3n) is 3.29. The zero-order valence-electron chi connectivity index (χ0n) is 11.5. The zero-order chi connectivity index (χ0) is 13.5. The monoisotopic (exact) mass is 320 g/mol. The minimum absolute atomic E-state index is 0.825. The first-order valence-electron chi connectivity index (χ1n) is 7.11. The third kappa shape index (κ3) is 4.54.